The maximum atomic E-state index is 13.0. The third-order valence-corrected chi connectivity index (χ3v) is 10.9. The van der Waals surface area contributed by atoms with Gasteiger partial charge in [0.1, 0.15) is 0 Å². The molecule has 1 aliphatic heterocycles. The summed E-state index contributed by atoms with van der Waals surface area (Å²) in [6, 6.07) is 0. The summed E-state index contributed by atoms with van der Waals surface area (Å²) in [5.41, 5.74) is 0.524. The minimum absolute atomic E-state index is 0.0141. The van der Waals surface area contributed by atoms with Crippen molar-refractivity contribution in [1.29, 1.82) is 0 Å². The Morgan fingerprint density at radius 1 is 1.00 bits per heavy atom. The number of carbonyl (C=O) groups is 1. The van der Waals surface area contributed by atoms with E-state index in [1.807, 2.05) is 0 Å². The molecular weight excluding hydrogens is 392 g/mol. The number of esters is 1. The summed E-state index contributed by atoms with van der Waals surface area (Å²) in [7, 11) is 0. The van der Waals surface area contributed by atoms with E-state index < -0.39 is 0 Å². The Bertz CT molecular complexity index is 632. The maximum Gasteiger partial charge on any atom is 0.309 e. The molecule has 0 aromatic heterocycles. The molecule has 3 aliphatic carbocycles. The van der Waals surface area contributed by atoms with E-state index in [0.29, 0.717) is 23.9 Å². The van der Waals surface area contributed by atoms with Crippen molar-refractivity contribution >= 4 is 17.6 Å². The molecule has 3 saturated carbocycles. The number of halogens is 1. The third-order valence-electron chi connectivity index (χ3n) is 10.5. The molecular formula is C27H45ClO2. The van der Waals surface area contributed by atoms with Crippen LogP contribution in [0.25, 0.3) is 0 Å². The topological polar surface area (TPSA) is 26.3 Å². The molecule has 0 spiro atoms. The second-order valence-electron chi connectivity index (χ2n) is 12.5. The lowest BCUT2D eigenvalue weighted by Crippen LogP contribution is -2.51. The Balaban J connectivity index is 1.53. The molecule has 0 amide bonds. The summed E-state index contributed by atoms with van der Waals surface area (Å²) < 4.78 is 6.00. The number of carbonyl (C=O) groups excluding carboxylic acids is 1. The molecule has 0 bridgehead atoms. The summed E-state index contributed by atoms with van der Waals surface area (Å²) in [6.45, 7) is 12.9. The Morgan fingerprint density at radius 2 is 1.70 bits per heavy atom. The van der Waals surface area contributed by atoms with Crippen molar-refractivity contribution in [3.8, 4) is 0 Å². The third kappa shape index (κ3) is 3.86. The lowest BCUT2D eigenvalue weighted by atomic mass is 9.49. The average molecular weight is 437 g/mol. The SMILES string of the molecule is CC(C)CCCC(C)C1CCC2C3COC(=O)C4CC(Cl)CCC4(C)C3CCC12C. The Kier molecular flexibility index (Phi) is 6.58. The van der Waals surface area contributed by atoms with Crippen molar-refractivity contribution in [2.75, 3.05) is 6.61 Å². The number of ether oxygens (including phenoxy) is 1. The van der Waals surface area contributed by atoms with E-state index in [9.17, 15) is 4.79 Å². The van der Waals surface area contributed by atoms with E-state index in [1.54, 1.807) is 0 Å². The smallest absolute Gasteiger partial charge is 0.309 e. The first kappa shape index (κ1) is 22.9. The van der Waals surface area contributed by atoms with Crippen molar-refractivity contribution in [2.24, 2.45) is 52.3 Å². The molecule has 2 nitrogen and oxygen atoms in total. The van der Waals surface area contributed by atoms with Gasteiger partial charge in [0.05, 0.1) is 12.5 Å². The van der Waals surface area contributed by atoms with Crippen LogP contribution in [-0.2, 0) is 9.53 Å². The van der Waals surface area contributed by atoms with Gasteiger partial charge in [0.15, 0.2) is 0 Å². The largest absolute Gasteiger partial charge is 0.465 e. The Hall–Kier alpha value is -0.240. The van der Waals surface area contributed by atoms with E-state index in [4.69, 9.17) is 16.3 Å². The molecule has 4 fully saturated rings. The molecule has 1 heterocycles. The standard InChI is InChI=1S/C27H45ClO2/c1-17(2)7-6-8-18(3)21-9-10-22-20-16-30-25(29)24-15-19(28)11-13-27(24,5)23(20)12-14-26(21,22)4/h17-24H,6-16H2,1-5H3. The minimum atomic E-state index is 0.0141. The molecule has 1 saturated heterocycles. The predicted molar refractivity (Wildman–Crippen MR) is 124 cm³/mol. The second kappa shape index (κ2) is 8.60. The Morgan fingerprint density at radius 3 is 2.43 bits per heavy atom. The monoisotopic (exact) mass is 436 g/mol. The number of rotatable bonds is 5. The van der Waals surface area contributed by atoms with Crippen LogP contribution in [-0.4, -0.2) is 18.0 Å². The van der Waals surface area contributed by atoms with Gasteiger partial charge in [-0.1, -0.05) is 53.9 Å². The van der Waals surface area contributed by atoms with Crippen LogP contribution in [0.5, 0.6) is 0 Å². The van der Waals surface area contributed by atoms with Crippen molar-refractivity contribution in [3.63, 3.8) is 0 Å². The molecule has 172 valence electrons. The first-order chi connectivity index (χ1) is 14.2. The van der Waals surface area contributed by atoms with Gasteiger partial charge in [-0.2, -0.15) is 0 Å². The van der Waals surface area contributed by atoms with Gasteiger partial charge in [-0.05, 0) is 91.3 Å². The fraction of sp³-hybridized carbons (Fsp3) is 0.963. The molecule has 4 aliphatic rings. The first-order valence-electron chi connectivity index (χ1n) is 13.0. The number of hydrogen-bond acceptors (Lipinski definition) is 2. The Labute approximate surface area is 190 Å². The van der Waals surface area contributed by atoms with Crippen LogP contribution in [0.4, 0.5) is 0 Å². The van der Waals surface area contributed by atoms with Crippen molar-refractivity contribution < 1.29 is 9.53 Å². The number of hydrogen-bond donors (Lipinski definition) is 0. The molecule has 0 N–H and O–H groups in total. The quantitative estimate of drug-likeness (QED) is 0.329. The van der Waals surface area contributed by atoms with Crippen molar-refractivity contribution in [1.82, 2.24) is 0 Å². The molecule has 3 heteroatoms. The molecule has 0 aromatic rings. The fourth-order valence-corrected chi connectivity index (χ4v) is 9.02. The number of fused-ring (bicyclic) bond motifs is 5. The lowest BCUT2D eigenvalue weighted by molar-refractivity contribution is -0.153. The summed E-state index contributed by atoms with van der Waals surface area (Å²) in [4.78, 5) is 13.0. The van der Waals surface area contributed by atoms with Crippen LogP contribution in [0.3, 0.4) is 0 Å². The van der Waals surface area contributed by atoms with Gasteiger partial charge >= 0.3 is 5.97 Å². The lowest BCUT2D eigenvalue weighted by Gasteiger charge is -2.55. The van der Waals surface area contributed by atoms with Crippen molar-refractivity contribution in [2.45, 2.75) is 104 Å². The highest BCUT2D eigenvalue weighted by molar-refractivity contribution is 6.20. The van der Waals surface area contributed by atoms with E-state index >= 15 is 0 Å². The van der Waals surface area contributed by atoms with Crippen LogP contribution in [0.2, 0.25) is 0 Å². The van der Waals surface area contributed by atoms with Gasteiger partial charge in [0.2, 0.25) is 0 Å². The fourth-order valence-electron chi connectivity index (χ4n) is 8.74. The summed E-state index contributed by atoms with van der Waals surface area (Å²) in [5, 5.41) is 0.142. The molecule has 9 atom stereocenters. The molecule has 9 unspecified atom stereocenters. The van der Waals surface area contributed by atoms with Gasteiger partial charge in [0, 0.05) is 5.38 Å². The summed E-state index contributed by atoms with van der Waals surface area (Å²) in [5.74, 6) is 4.46. The maximum absolute atomic E-state index is 13.0. The van der Waals surface area contributed by atoms with E-state index in [2.05, 4.69) is 34.6 Å². The molecule has 4 rings (SSSR count). The van der Waals surface area contributed by atoms with Crippen LogP contribution < -0.4 is 0 Å². The number of cyclic esters (lactones) is 1. The number of alkyl halides is 1. The normalized spacial score (nSPS) is 47.1. The highest BCUT2D eigenvalue weighted by atomic mass is 35.5. The molecule has 30 heavy (non-hydrogen) atoms. The average Bonchev–Trinajstić information content (AvgIpc) is 2.99. The zero-order valence-corrected chi connectivity index (χ0v) is 20.8. The van der Waals surface area contributed by atoms with Crippen LogP contribution in [0.15, 0.2) is 0 Å². The van der Waals surface area contributed by atoms with Gasteiger partial charge in [-0.25, -0.2) is 0 Å². The predicted octanol–water partition coefficient (Wildman–Crippen LogP) is 7.48. The zero-order valence-electron chi connectivity index (χ0n) is 20.1. The first-order valence-corrected chi connectivity index (χ1v) is 13.4. The van der Waals surface area contributed by atoms with Crippen LogP contribution in [0.1, 0.15) is 98.8 Å². The van der Waals surface area contributed by atoms with Crippen LogP contribution >= 0.6 is 11.6 Å². The van der Waals surface area contributed by atoms with Gasteiger partial charge in [-0.15, -0.1) is 11.6 Å². The zero-order chi connectivity index (χ0) is 21.7. The molecule has 0 aromatic carbocycles. The second-order valence-corrected chi connectivity index (χ2v) is 13.1. The van der Waals surface area contributed by atoms with Crippen LogP contribution in [0, 0.1) is 52.3 Å². The summed E-state index contributed by atoms with van der Waals surface area (Å²) >= 11 is 6.51. The highest BCUT2D eigenvalue weighted by Crippen LogP contribution is 2.66. The van der Waals surface area contributed by atoms with Gasteiger partial charge < -0.3 is 4.74 Å². The van der Waals surface area contributed by atoms with E-state index in [0.717, 1.165) is 42.9 Å². The summed E-state index contributed by atoms with van der Waals surface area (Å²) in [6.07, 6.45) is 12.4. The van der Waals surface area contributed by atoms with Crippen molar-refractivity contribution in [3.05, 3.63) is 0 Å². The minimum Gasteiger partial charge on any atom is -0.465 e. The van der Waals surface area contributed by atoms with Gasteiger partial charge in [0.25, 0.3) is 0 Å². The molecule has 0 radical (unpaired) electrons. The van der Waals surface area contributed by atoms with E-state index in [-0.39, 0.29) is 22.7 Å². The van der Waals surface area contributed by atoms with Gasteiger partial charge in [-0.3, -0.25) is 4.79 Å². The van der Waals surface area contributed by atoms with E-state index in [1.165, 1.54) is 44.9 Å². The highest BCUT2D eigenvalue weighted by Gasteiger charge is 2.61.